The topological polar surface area (TPSA) is 30.7 Å². The molecule has 0 bridgehead atoms. The Morgan fingerprint density at radius 2 is 2.06 bits per heavy atom. The van der Waals surface area contributed by atoms with Gasteiger partial charge in [-0.2, -0.15) is 5.10 Å². The Morgan fingerprint density at radius 1 is 1.22 bits per heavy atom. The summed E-state index contributed by atoms with van der Waals surface area (Å²) in [6.45, 7) is 1.97. The molecule has 4 heteroatoms. The minimum absolute atomic E-state index is 0.427. The minimum Gasteiger partial charge on any atom is -0.261 e. The lowest BCUT2D eigenvalue weighted by atomic mass is 10.2. The quantitative estimate of drug-likeness (QED) is 0.658. The molecule has 3 nitrogen and oxygen atoms in total. The molecule has 0 fully saturated rings. The number of benzene rings is 1. The molecule has 2 aromatic heterocycles. The average molecular weight is 258 g/mol. The molecule has 0 N–H and O–H groups in total. The predicted molar refractivity (Wildman–Crippen MR) is 73.2 cm³/mol. The highest BCUT2D eigenvalue weighted by Crippen LogP contribution is 2.22. The van der Waals surface area contributed by atoms with Crippen molar-refractivity contribution in [3.8, 4) is 5.69 Å². The van der Waals surface area contributed by atoms with Crippen LogP contribution >= 0.6 is 11.6 Å². The van der Waals surface area contributed by atoms with E-state index in [0.717, 1.165) is 27.8 Å². The highest BCUT2D eigenvalue weighted by atomic mass is 35.5. The molecule has 0 aliphatic carbocycles. The van der Waals surface area contributed by atoms with Crippen LogP contribution in [-0.2, 0) is 5.88 Å². The zero-order valence-corrected chi connectivity index (χ0v) is 10.7. The third kappa shape index (κ3) is 1.77. The third-order valence-electron chi connectivity index (χ3n) is 2.95. The second-order valence-corrected chi connectivity index (χ2v) is 4.47. The molecule has 0 saturated heterocycles. The zero-order valence-electron chi connectivity index (χ0n) is 9.97. The van der Waals surface area contributed by atoms with Crippen LogP contribution in [0.1, 0.15) is 11.3 Å². The standard InChI is InChI=1S/C14H12ClN3/c1-10-6-14(12(7-15)8-16-10)18-13-5-3-2-4-11(13)9-17-18/h2-6,8-9H,7H2,1H3. The van der Waals surface area contributed by atoms with Crippen LogP contribution in [0.2, 0.25) is 0 Å². The molecule has 0 unspecified atom stereocenters. The van der Waals surface area contributed by atoms with E-state index in [4.69, 9.17) is 11.6 Å². The summed E-state index contributed by atoms with van der Waals surface area (Å²) in [6.07, 6.45) is 3.68. The predicted octanol–water partition coefficient (Wildman–Crippen LogP) is 3.47. The first kappa shape index (κ1) is 11.2. The maximum Gasteiger partial charge on any atom is 0.0741 e. The lowest BCUT2D eigenvalue weighted by molar-refractivity contribution is 0.891. The maximum atomic E-state index is 5.97. The van der Waals surface area contributed by atoms with Crippen LogP contribution in [0.5, 0.6) is 0 Å². The van der Waals surface area contributed by atoms with Crippen molar-refractivity contribution < 1.29 is 0 Å². The number of fused-ring (bicyclic) bond motifs is 1. The number of pyridine rings is 1. The summed E-state index contributed by atoms with van der Waals surface area (Å²) in [5.74, 6) is 0.427. The number of aromatic nitrogens is 3. The van der Waals surface area contributed by atoms with Crippen molar-refractivity contribution in [2.75, 3.05) is 0 Å². The smallest absolute Gasteiger partial charge is 0.0741 e. The van der Waals surface area contributed by atoms with Gasteiger partial charge in [-0.25, -0.2) is 4.68 Å². The van der Waals surface area contributed by atoms with Crippen molar-refractivity contribution in [3.63, 3.8) is 0 Å². The highest BCUT2D eigenvalue weighted by molar-refractivity contribution is 6.17. The fourth-order valence-electron chi connectivity index (χ4n) is 2.04. The number of rotatable bonds is 2. The van der Waals surface area contributed by atoms with Gasteiger partial charge in [0.05, 0.1) is 23.3 Å². The summed E-state index contributed by atoms with van der Waals surface area (Å²) >= 11 is 5.97. The van der Waals surface area contributed by atoms with Gasteiger partial charge in [0.15, 0.2) is 0 Å². The van der Waals surface area contributed by atoms with Crippen LogP contribution in [0.3, 0.4) is 0 Å². The average Bonchev–Trinajstić information content (AvgIpc) is 2.82. The molecule has 1 aromatic carbocycles. The molecule has 0 radical (unpaired) electrons. The van der Waals surface area contributed by atoms with Crippen LogP contribution in [0, 0.1) is 6.92 Å². The third-order valence-corrected chi connectivity index (χ3v) is 3.24. The van der Waals surface area contributed by atoms with Gasteiger partial charge in [-0.1, -0.05) is 18.2 Å². The molecule has 0 aliphatic rings. The van der Waals surface area contributed by atoms with E-state index in [9.17, 15) is 0 Å². The first-order valence-corrected chi connectivity index (χ1v) is 6.27. The monoisotopic (exact) mass is 257 g/mol. The number of aryl methyl sites for hydroxylation is 1. The highest BCUT2D eigenvalue weighted by Gasteiger charge is 2.09. The van der Waals surface area contributed by atoms with Crippen molar-refractivity contribution >= 4 is 22.5 Å². The van der Waals surface area contributed by atoms with Crippen molar-refractivity contribution in [1.29, 1.82) is 0 Å². The Hall–Kier alpha value is -1.87. The first-order valence-electron chi connectivity index (χ1n) is 5.74. The number of halogens is 1. The second kappa shape index (κ2) is 4.42. The molecule has 0 aliphatic heterocycles. The minimum atomic E-state index is 0.427. The molecule has 0 amide bonds. The fourth-order valence-corrected chi connectivity index (χ4v) is 2.24. The van der Waals surface area contributed by atoms with Crippen LogP contribution in [0.15, 0.2) is 42.7 Å². The Balaban J connectivity index is 2.29. The van der Waals surface area contributed by atoms with E-state index in [1.807, 2.05) is 48.3 Å². The number of hydrogen-bond acceptors (Lipinski definition) is 2. The summed E-state index contributed by atoms with van der Waals surface area (Å²) in [5, 5.41) is 5.56. The second-order valence-electron chi connectivity index (χ2n) is 4.20. The molecule has 18 heavy (non-hydrogen) atoms. The molecule has 2 heterocycles. The van der Waals surface area contributed by atoms with Crippen LogP contribution in [0.25, 0.3) is 16.6 Å². The van der Waals surface area contributed by atoms with Gasteiger partial charge in [0, 0.05) is 22.8 Å². The molecule has 0 saturated carbocycles. The lowest BCUT2D eigenvalue weighted by Gasteiger charge is -2.09. The van der Waals surface area contributed by atoms with Gasteiger partial charge < -0.3 is 0 Å². The summed E-state index contributed by atoms with van der Waals surface area (Å²) < 4.78 is 1.92. The first-order chi connectivity index (χ1) is 8.79. The van der Waals surface area contributed by atoms with Gasteiger partial charge in [0.25, 0.3) is 0 Å². The lowest BCUT2D eigenvalue weighted by Crippen LogP contribution is -2.02. The summed E-state index contributed by atoms with van der Waals surface area (Å²) in [6, 6.07) is 10.1. The molecule has 3 rings (SSSR count). The van der Waals surface area contributed by atoms with Gasteiger partial charge in [-0.15, -0.1) is 11.6 Å². The molecular weight excluding hydrogens is 246 g/mol. The zero-order chi connectivity index (χ0) is 12.5. The Labute approximate surface area is 110 Å². The van der Waals surface area contributed by atoms with Crippen LogP contribution in [-0.4, -0.2) is 14.8 Å². The van der Waals surface area contributed by atoms with Gasteiger partial charge in [-0.05, 0) is 19.1 Å². The van der Waals surface area contributed by atoms with Crippen LogP contribution < -0.4 is 0 Å². The van der Waals surface area contributed by atoms with Gasteiger partial charge in [-0.3, -0.25) is 4.98 Å². The van der Waals surface area contributed by atoms with E-state index in [-0.39, 0.29) is 0 Å². The van der Waals surface area contributed by atoms with E-state index in [1.165, 1.54) is 0 Å². The van der Waals surface area contributed by atoms with Gasteiger partial charge in [0.2, 0.25) is 0 Å². The fraction of sp³-hybridized carbons (Fsp3) is 0.143. The Kier molecular flexibility index (Phi) is 2.76. The van der Waals surface area contributed by atoms with E-state index >= 15 is 0 Å². The van der Waals surface area contributed by atoms with Gasteiger partial charge >= 0.3 is 0 Å². The van der Waals surface area contributed by atoms with Crippen molar-refractivity contribution in [2.45, 2.75) is 12.8 Å². The van der Waals surface area contributed by atoms with Crippen molar-refractivity contribution in [3.05, 3.63) is 54.0 Å². The van der Waals surface area contributed by atoms with E-state index in [1.54, 1.807) is 0 Å². The number of nitrogens with zero attached hydrogens (tertiary/aromatic N) is 3. The van der Waals surface area contributed by atoms with Crippen molar-refractivity contribution in [1.82, 2.24) is 14.8 Å². The molecule has 0 spiro atoms. The Morgan fingerprint density at radius 3 is 2.89 bits per heavy atom. The number of alkyl halides is 1. The van der Waals surface area contributed by atoms with E-state index in [2.05, 4.69) is 16.1 Å². The number of hydrogen-bond donors (Lipinski definition) is 0. The number of para-hydroxylation sites is 1. The molecule has 0 atom stereocenters. The van der Waals surface area contributed by atoms with Crippen molar-refractivity contribution in [2.24, 2.45) is 0 Å². The molecular formula is C14H12ClN3. The summed E-state index contributed by atoms with van der Waals surface area (Å²) in [5.41, 5.74) is 4.02. The Bertz CT molecular complexity index is 703. The van der Waals surface area contributed by atoms with E-state index in [0.29, 0.717) is 5.88 Å². The molecule has 3 aromatic rings. The maximum absolute atomic E-state index is 5.97. The van der Waals surface area contributed by atoms with Gasteiger partial charge in [0.1, 0.15) is 0 Å². The largest absolute Gasteiger partial charge is 0.261 e. The normalized spacial score (nSPS) is 11.0. The SMILES string of the molecule is Cc1cc(-n2ncc3ccccc32)c(CCl)cn1. The summed E-state index contributed by atoms with van der Waals surface area (Å²) in [7, 11) is 0. The van der Waals surface area contributed by atoms with E-state index < -0.39 is 0 Å². The molecule has 90 valence electrons. The van der Waals surface area contributed by atoms with Crippen LogP contribution in [0.4, 0.5) is 0 Å². The summed E-state index contributed by atoms with van der Waals surface area (Å²) in [4.78, 5) is 4.28.